The summed E-state index contributed by atoms with van der Waals surface area (Å²) in [4.78, 5) is 32.5. The molecular weight excluding hydrogens is 474 g/mol. The number of amides is 2. The molecule has 8 heteroatoms. The van der Waals surface area contributed by atoms with Gasteiger partial charge in [-0.05, 0) is 38.1 Å². The van der Waals surface area contributed by atoms with Gasteiger partial charge in [-0.3, -0.25) is 9.59 Å². The minimum absolute atomic E-state index is 0.0151. The standard InChI is InChI=1S/C24H34BrN3O4/c1-26-9-11-27(12-10-26)23(29)15-19-17-28(24(30)18-6-13-31-14-7-18)8-5-22(19)32-21-4-2-3-20(25)16-21/h2-4,16,18-19,22H,5-15,17H2,1H3/t19-,22-/m0/s1. The molecule has 3 aliphatic rings. The lowest BCUT2D eigenvalue weighted by Gasteiger charge is -2.41. The third kappa shape index (κ3) is 6.02. The second-order valence-corrected chi connectivity index (χ2v) is 10.1. The number of rotatable bonds is 5. The highest BCUT2D eigenvalue weighted by Gasteiger charge is 2.37. The van der Waals surface area contributed by atoms with Crippen LogP contribution in [0.25, 0.3) is 0 Å². The molecule has 176 valence electrons. The lowest BCUT2D eigenvalue weighted by Crippen LogP contribution is -2.52. The second-order valence-electron chi connectivity index (χ2n) is 9.22. The van der Waals surface area contributed by atoms with Crippen LogP contribution in [0.15, 0.2) is 28.7 Å². The molecule has 0 unspecified atom stereocenters. The topological polar surface area (TPSA) is 62.3 Å². The molecule has 7 nitrogen and oxygen atoms in total. The summed E-state index contributed by atoms with van der Waals surface area (Å²) in [7, 11) is 2.09. The van der Waals surface area contributed by atoms with Crippen molar-refractivity contribution in [3.05, 3.63) is 28.7 Å². The van der Waals surface area contributed by atoms with Crippen LogP contribution in [0.1, 0.15) is 25.7 Å². The molecule has 0 radical (unpaired) electrons. The Hall–Kier alpha value is -1.64. The van der Waals surface area contributed by atoms with Gasteiger partial charge in [-0.1, -0.05) is 22.0 Å². The van der Waals surface area contributed by atoms with Crippen LogP contribution < -0.4 is 4.74 Å². The predicted octanol–water partition coefficient (Wildman–Crippen LogP) is 2.64. The summed E-state index contributed by atoms with van der Waals surface area (Å²) < 4.78 is 12.8. The maximum Gasteiger partial charge on any atom is 0.225 e. The lowest BCUT2D eigenvalue weighted by atomic mass is 9.89. The van der Waals surface area contributed by atoms with Crippen LogP contribution in [0, 0.1) is 11.8 Å². The Morgan fingerprint density at radius 3 is 2.53 bits per heavy atom. The van der Waals surface area contributed by atoms with Crippen molar-refractivity contribution in [2.45, 2.75) is 31.8 Å². The molecule has 32 heavy (non-hydrogen) atoms. The fourth-order valence-electron chi connectivity index (χ4n) is 4.89. The first-order valence-electron chi connectivity index (χ1n) is 11.7. The Bertz CT molecular complexity index is 793. The van der Waals surface area contributed by atoms with Crippen molar-refractivity contribution in [2.75, 3.05) is 59.5 Å². The van der Waals surface area contributed by atoms with E-state index in [9.17, 15) is 9.59 Å². The van der Waals surface area contributed by atoms with Crippen LogP contribution in [0.4, 0.5) is 0 Å². The summed E-state index contributed by atoms with van der Waals surface area (Å²) in [6, 6.07) is 7.83. The van der Waals surface area contributed by atoms with Crippen molar-refractivity contribution >= 4 is 27.7 Å². The fraction of sp³-hybridized carbons (Fsp3) is 0.667. The maximum absolute atomic E-state index is 13.2. The summed E-state index contributed by atoms with van der Waals surface area (Å²) in [5.74, 6) is 1.21. The van der Waals surface area contributed by atoms with Gasteiger partial charge < -0.3 is 24.2 Å². The van der Waals surface area contributed by atoms with E-state index in [4.69, 9.17) is 9.47 Å². The monoisotopic (exact) mass is 507 g/mol. The summed E-state index contributed by atoms with van der Waals surface area (Å²) in [5, 5.41) is 0. The molecule has 3 aliphatic heterocycles. The molecule has 3 fully saturated rings. The van der Waals surface area contributed by atoms with Gasteiger partial charge in [0.1, 0.15) is 11.9 Å². The Balaban J connectivity index is 1.44. The number of likely N-dealkylation sites (N-methyl/N-ethyl adjacent to an activating group) is 1. The van der Waals surface area contributed by atoms with Gasteiger partial charge in [0.15, 0.2) is 0 Å². The quantitative estimate of drug-likeness (QED) is 0.612. The van der Waals surface area contributed by atoms with E-state index in [1.165, 1.54) is 0 Å². The van der Waals surface area contributed by atoms with Crippen LogP contribution in [-0.2, 0) is 14.3 Å². The van der Waals surface area contributed by atoms with Crippen molar-refractivity contribution in [1.29, 1.82) is 0 Å². The number of hydrogen-bond acceptors (Lipinski definition) is 5. The number of carbonyl (C=O) groups excluding carboxylic acids is 2. The number of halogens is 1. The minimum atomic E-state index is -0.0838. The molecule has 3 saturated heterocycles. The zero-order chi connectivity index (χ0) is 22.5. The van der Waals surface area contributed by atoms with E-state index in [-0.39, 0.29) is 29.8 Å². The van der Waals surface area contributed by atoms with Crippen LogP contribution in [0.5, 0.6) is 5.75 Å². The van der Waals surface area contributed by atoms with Crippen molar-refractivity contribution in [3.63, 3.8) is 0 Å². The normalized spacial score (nSPS) is 25.6. The number of ether oxygens (including phenoxy) is 2. The molecule has 1 aromatic rings. The van der Waals surface area contributed by atoms with Gasteiger partial charge >= 0.3 is 0 Å². The molecule has 2 amide bonds. The maximum atomic E-state index is 13.2. The SMILES string of the molecule is CN1CCN(C(=O)C[C@H]2CN(C(=O)C3CCOCC3)CC[C@@H]2Oc2cccc(Br)c2)CC1. The van der Waals surface area contributed by atoms with E-state index >= 15 is 0 Å². The smallest absolute Gasteiger partial charge is 0.225 e. The third-order valence-corrected chi connectivity index (χ3v) is 7.42. The van der Waals surface area contributed by atoms with Crippen molar-refractivity contribution in [1.82, 2.24) is 14.7 Å². The average molecular weight is 508 g/mol. The number of hydrogen-bond donors (Lipinski definition) is 0. The van der Waals surface area contributed by atoms with E-state index in [1.807, 2.05) is 34.1 Å². The summed E-state index contributed by atoms with van der Waals surface area (Å²) in [6.45, 7) is 5.91. The minimum Gasteiger partial charge on any atom is -0.490 e. The third-order valence-electron chi connectivity index (χ3n) is 6.92. The largest absolute Gasteiger partial charge is 0.490 e. The van der Waals surface area contributed by atoms with Gasteiger partial charge in [0.05, 0.1) is 0 Å². The van der Waals surface area contributed by atoms with Gasteiger partial charge in [0.2, 0.25) is 11.8 Å². The van der Waals surface area contributed by atoms with E-state index in [2.05, 4.69) is 27.9 Å². The van der Waals surface area contributed by atoms with Gasteiger partial charge in [-0.2, -0.15) is 0 Å². The average Bonchev–Trinajstić information content (AvgIpc) is 2.81. The summed E-state index contributed by atoms with van der Waals surface area (Å²) in [5.41, 5.74) is 0. The number of carbonyl (C=O) groups is 2. The lowest BCUT2D eigenvalue weighted by molar-refractivity contribution is -0.144. The van der Waals surface area contributed by atoms with E-state index in [0.717, 1.165) is 55.7 Å². The first kappa shape index (κ1) is 23.5. The van der Waals surface area contributed by atoms with Gasteiger partial charge in [-0.15, -0.1) is 0 Å². The van der Waals surface area contributed by atoms with E-state index in [1.54, 1.807) is 0 Å². The number of piperazine rings is 1. The molecule has 0 saturated carbocycles. The highest BCUT2D eigenvalue weighted by Crippen LogP contribution is 2.29. The molecule has 0 aromatic heterocycles. The molecule has 0 spiro atoms. The van der Waals surface area contributed by atoms with E-state index < -0.39 is 0 Å². The molecule has 0 bridgehead atoms. The van der Waals surface area contributed by atoms with Gasteiger partial charge in [-0.25, -0.2) is 0 Å². The Labute approximate surface area is 199 Å². The number of likely N-dealkylation sites (tertiary alicyclic amines) is 1. The number of benzene rings is 1. The predicted molar refractivity (Wildman–Crippen MR) is 125 cm³/mol. The van der Waals surface area contributed by atoms with Crippen molar-refractivity contribution in [3.8, 4) is 5.75 Å². The zero-order valence-corrected chi connectivity index (χ0v) is 20.5. The Kier molecular flexibility index (Phi) is 8.07. The van der Waals surface area contributed by atoms with Crippen molar-refractivity contribution < 1.29 is 19.1 Å². The van der Waals surface area contributed by atoms with Crippen molar-refractivity contribution in [2.24, 2.45) is 11.8 Å². The first-order valence-corrected chi connectivity index (χ1v) is 12.5. The summed E-state index contributed by atoms with van der Waals surface area (Å²) in [6.07, 6.45) is 2.65. The van der Waals surface area contributed by atoms with Crippen LogP contribution in [0.2, 0.25) is 0 Å². The van der Waals surface area contributed by atoms with E-state index in [0.29, 0.717) is 32.7 Å². The Morgan fingerprint density at radius 1 is 1.06 bits per heavy atom. The molecule has 3 heterocycles. The molecule has 2 atom stereocenters. The molecule has 4 rings (SSSR count). The van der Waals surface area contributed by atoms with Gasteiger partial charge in [0, 0.05) is 81.6 Å². The number of nitrogens with zero attached hydrogens (tertiary/aromatic N) is 3. The number of piperidine rings is 1. The van der Waals surface area contributed by atoms with Crippen LogP contribution in [-0.4, -0.2) is 92.1 Å². The summed E-state index contributed by atoms with van der Waals surface area (Å²) >= 11 is 3.50. The molecule has 0 aliphatic carbocycles. The highest BCUT2D eigenvalue weighted by atomic mass is 79.9. The van der Waals surface area contributed by atoms with Crippen LogP contribution >= 0.6 is 15.9 Å². The highest BCUT2D eigenvalue weighted by molar-refractivity contribution is 9.10. The fourth-order valence-corrected chi connectivity index (χ4v) is 5.27. The molecular formula is C24H34BrN3O4. The van der Waals surface area contributed by atoms with Crippen LogP contribution in [0.3, 0.4) is 0 Å². The molecule has 1 aromatic carbocycles. The zero-order valence-electron chi connectivity index (χ0n) is 18.9. The molecule has 0 N–H and O–H groups in total. The van der Waals surface area contributed by atoms with Gasteiger partial charge in [0.25, 0.3) is 0 Å². The second kappa shape index (κ2) is 11.0. The Morgan fingerprint density at radius 2 is 1.81 bits per heavy atom. The first-order chi connectivity index (χ1) is 15.5.